The Bertz CT molecular complexity index is 1050. The van der Waals surface area contributed by atoms with Crippen molar-refractivity contribution >= 4 is 29.7 Å². The van der Waals surface area contributed by atoms with Crippen LogP contribution in [0.25, 0.3) is 11.1 Å². The molecule has 2 amide bonds. The van der Waals surface area contributed by atoms with Gasteiger partial charge < -0.3 is 20.1 Å². The van der Waals surface area contributed by atoms with Crippen LogP contribution in [-0.4, -0.2) is 64.7 Å². The SMILES string of the molecule is CC(C)(C)C(NC(=O)OCC1c2ccccc2-c2ccccc21)C(=O)N1CCSC(C(=O)O)C1. The van der Waals surface area contributed by atoms with Crippen molar-refractivity contribution in [1.82, 2.24) is 10.2 Å². The molecule has 1 aliphatic heterocycles. The van der Waals surface area contributed by atoms with Gasteiger partial charge in [0, 0.05) is 24.8 Å². The fraction of sp³-hybridized carbons (Fsp3) is 0.423. The van der Waals surface area contributed by atoms with Crippen molar-refractivity contribution in [3.8, 4) is 11.1 Å². The Labute approximate surface area is 203 Å². The number of hydrogen-bond acceptors (Lipinski definition) is 5. The minimum absolute atomic E-state index is 0.0719. The van der Waals surface area contributed by atoms with Gasteiger partial charge >= 0.3 is 12.1 Å². The van der Waals surface area contributed by atoms with Gasteiger partial charge in [0.1, 0.15) is 17.9 Å². The van der Waals surface area contributed by atoms with Gasteiger partial charge in [0.25, 0.3) is 0 Å². The van der Waals surface area contributed by atoms with Crippen molar-refractivity contribution in [1.29, 1.82) is 0 Å². The number of alkyl carbamates (subject to hydrolysis) is 1. The molecular formula is C26H30N2O5S. The van der Waals surface area contributed by atoms with Gasteiger partial charge in [-0.2, -0.15) is 0 Å². The molecule has 0 saturated carbocycles. The number of amides is 2. The number of rotatable bonds is 5. The number of hydrogen-bond donors (Lipinski definition) is 2. The van der Waals surface area contributed by atoms with E-state index in [4.69, 9.17) is 4.74 Å². The standard InChI is InChI=1S/C26H30N2O5S/c1-26(2,3)22(23(29)28-12-13-34-21(14-28)24(30)31)27-25(32)33-15-20-18-10-6-4-8-16(18)17-9-5-7-11-19(17)20/h4-11,20-22H,12-15H2,1-3H3,(H,27,32)(H,30,31). The van der Waals surface area contributed by atoms with Gasteiger partial charge in [-0.1, -0.05) is 69.3 Å². The van der Waals surface area contributed by atoms with Crippen LogP contribution in [0.4, 0.5) is 4.79 Å². The number of carbonyl (C=O) groups excluding carboxylic acids is 2. The number of carboxylic acid groups (broad SMARTS) is 1. The Balaban J connectivity index is 1.44. The summed E-state index contributed by atoms with van der Waals surface area (Å²) in [7, 11) is 0. The average Bonchev–Trinajstić information content (AvgIpc) is 3.14. The zero-order valence-electron chi connectivity index (χ0n) is 19.6. The molecule has 0 aromatic heterocycles. The van der Waals surface area contributed by atoms with Crippen LogP contribution >= 0.6 is 11.8 Å². The van der Waals surface area contributed by atoms with E-state index in [1.807, 2.05) is 45.0 Å². The zero-order chi connectivity index (χ0) is 24.5. The second-order valence-corrected chi connectivity index (χ2v) is 11.1. The van der Waals surface area contributed by atoms with E-state index in [-0.39, 0.29) is 25.0 Å². The fourth-order valence-corrected chi connectivity index (χ4v) is 5.63. The van der Waals surface area contributed by atoms with Gasteiger partial charge in [0.15, 0.2) is 0 Å². The third-order valence-corrected chi connectivity index (χ3v) is 7.54. The van der Waals surface area contributed by atoms with Gasteiger partial charge in [0.05, 0.1) is 0 Å². The number of ether oxygens (including phenoxy) is 1. The molecule has 0 radical (unpaired) electrons. The highest BCUT2D eigenvalue weighted by Gasteiger charge is 2.39. The van der Waals surface area contributed by atoms with Crippen LogP contribution in [0.2, 0.25) is 0 Å². The first kappa shape index (κ1) is 24.1. The summed E-state index contributed by atoms with van der Waals surface area (Å²) in [5, 5.41) is 11.5. The fourth-order valence-electron chi connectivity index (χ4n) is 4.59. The molecule has 1 aliphatic carbocycles. The quantitative estimate of drug-likeness (QED) is 0.670. The van der Waals surface area contributed by atoms with Gasteiger partial charge in [-0.3, -0.25) is 9.59 Å². The summed E-state index contributed by atoms with van der Waals surface area (Å²) in [6.07, 6.45) is -0.656. The highest BCUT2D eigenvalue weighted by atomic mass is 32.2. The van der Waals surface area contributed by atoms with Crippen LogP contribution < -0.4 is 5.32 Å². The molecule has 8 heteroatoms. The minimum Gasteiger partial charge on any atom is -0.480 e. The molecule has 1 heterocycles. The van der Waals surface area contributed by atoms with Crippen molar-refractivity contribution in [3.05, 3.63) is 59.7 Å². The van der Waals surface area contributed by atoms with Crippen LogP contribution in [-0.2, 0) is 14.3 Å². The second-order valence-electron chi connectivity index (χ2n) is 9.75. The molecule has 1 fully saturated rings. The lowest BCUT2D eigenvalue weighted by Gasteiger charge is -2.37. The number of thioether (sulfide) groups is 1. The lowest BCUT2D eigenvalue weighted by molar-refractivity contribution is -0.139. The molecular weight excluding hydrogens is 452 g/mol. The van der Waals surface area contributed by atoms with Gasteiger partial charge in [-0.15, -0.1) is 11.8 Å². The van der Waals surface area contributed by atoms with Crippen molar-refractivity contribution in [2.75, 3.05) is 25.4 Å². The molecule has 180 valence electrons. The summed E-state index contributed by atoms with van der Waals surface area (Å²) in [4.78, 5) is 39.1. The van der Waals surface area contributed by atoms with E-state index >= 15 is 0 Å². The zero-order valence-corrected chi connectivity index (χ0v) is 20.4. The highest BCUT2D eigenvalue weighted by Crippen LogP contribution is 2.44. The Morgan fingerprint density at radius 1 is 1.09 bits per heavy atom. The third-order valence-electron chi connectivity index (χ3n) is 6.37. The van der Waals surface area contributed by atoms with Crippen LogP contribution in [0.1, 0.15) is 37.8 Å². The first-order chi connectivity index (χ1) is 16.2. The van der Waals surface area contributed by atoms with E-state index < -0.39 is 28.8 Å². The lowest BCUT2D eigenvalue weighted by atomic mass is 9.85. The number of nitrogens with one attached hydrogen (secondary N) is 1. The lowest BCUT2D eigenvalue weighted by Crippen LogP contribution is -2.57. The number of fused-ring (bicyclic) bond motifs is 3. The number of nitrogens with zero attached hydrogens (tertiary/aromatic N) is 1. The maximum Gasteiger partial charge on any atom is 0.407 e. The first-order valence-electron chi connectivity index (χ1n) is 11.4. The number of aliphatic carboxylic acids is 1. The normalized spacial score (nSPS) is 18.6. The molecule has 2 aromatic rings. The van der Waals surface area contributed by atoms with E-state index in [0.717, 1.165) is 22.3 Å². The molecule has 4 rings (SSSR count). The number of carbonyl (C=O) groups is 3. The van der Waals surface area contributed by atoms with Crippen molar-refractivity contribution in [2.45, 2.75) is 38.0 Å². The van der Waals surface area contributed by atoms with Gasteiger partial charge in [-0.25, -0.2) is 4.79 Å². The molecule has 7 nitrogen and oxygen atoms in total. The van der Waals surface area contributed by atoms with Gasteiger partial charge in [-0.05, 0) is 27.7 Å². The Morgan fingerprint density at radius 3 is 2.24 bits per heavy atom. The van der Waals surface area contributed by atoms with E-state index in [2.05, 4.69) is 29.6 Å². The molecule has 2 aliphatic rings. The number of benzene rings is 2. The second kappa shape index (κ2) is 9.70. The van der Waals surface area contributed by atoms with Crippen LogP contribution in [0.3, 0.4) is 0 Å². The summed E-state index contributed by atoms with van der Waals surface area (Å²) < 4.78 is 5.64. The smallest absolute Gasteiger partial charge is 0.407 e. The van der Waals surface area contributed by atoms with Crippen molar-refractivity contribution in [3.63, 3.8) is 0 Å². The molecule has 2 atom stereocenters. The maximum atomic E-state index is 13.3. The van der Waals surface area contributed by atoms with E-state index in [1.165, 1.54) is 16.7 Å². The van der Waals surface area contributed by atoms with Crippen LogP contribution in [0, 0.1) is 5.41 Å². The predicted octanol–water partition coefficient (Wildman–Crippen LogP) is 3.97. The predicted molar refractivity (Wildman–Crippen MR) is 132 cm³/mol. The molecule has 0 bridgehead atoms. The first-order valence-corrected chi connectivity index (χ1v) is 12.5. The van der Waals surface area contributed by atoms with Crippen LogP contribution in [0.5, 0.6) is 0 Å². The van der Waals surface area contributed by atoms with Gasteiger partial charge in [0.2, 0.25) is 5.91 Å². The van der Waals surface area contributed by atoms with Crippen molar-refractivity contribution in [2.24, 2.45) is 5.41 Å². The third kappa shape index (κ3) is 4.92. The van der Waals surface area contributed by atoms with E-state index in [9.17, 15) is 19.5 Å². The largest absolute Gasteiger partial charge is 0.480 e. The van der Waals surface area contributed by atoms with E-state index in [0.29, 0.717) is 12.3 Å². The Morgan fingerprint density at radius 2 is 1.68 bits per heavy atom. The topological polar surface area (TPSA) is 95.9 Å². The summed E-state index contributed by atoms with van der Waals surface area (Å²) in [6, 6.07) is 15.4. The molecule has 2 aromatic carbocycles. The number of carboxylic acids is 1. The average molecular weight is 483 g/mol. The molecule has 34 heavy (non-hydrogen) atoms. The molecule has 0 spiro atoms. The molecule has 1 saturated heterocycles. The molecule has 2 unspecified atom stereocenters. The van der Waals surface area contributed by atoms with Crippen LogP contribution in [0.15, 0.2) is 48.5 Å². The maximum absolute atomic E-state index is 13.3. The van der Waals surface area contributed by atoms with Crippen molar-refractivity contribution < 1.29 is 24.2 Å². The summed E-state index contributed by atoms with van der Waals surface area (Å²) in [6.45, 7) is 6.34. The van der Waals surface area contributed by atoms with E-state index in [1.54, 1.807) is 0 Å². The summed E-state index contributed by atoms with van der Waals surface area (Å²) in [5.74, 6) is -0.742. The Hall–Kier alpha value is -3.00. The summed E-state index contributed by atoms with van der Waals surface area (Å²) >= 11 is 1.33. The Kier molecular flexibility index (Phi) is 6.89. The summed E-state index contributed by atoms with van der Waals surface area (Å²) in [5.41, 5.74) is 3.94. The monoisotopic (exact) mass is 482 g/mol. The molecule has 2 N–H and O–H groups in total. The highest BCUT2D eigenvalue weighted by molar-refractivity contribution is 8.00. The minimum atomic E-state index is -0.931.